The number of hydrogen-bond donors (Lipinski definition) is 0. The molecule has 0 spiro atoms. The molecule has 1 fully saturated rings. The molecule has 2 aromatic carbocycles. The van der Waals surface area contributed by atoms with Crippen molar-refractivity contribution in [3.8, 4) is 11.1 Å². The number of aromatic nitrogens is 4. The summed E-state index contributed by atoms with van der Waals surface area (Å²) in [6, 6.07) is 8.68. The van der Waals surface area contributed by atoms with Crippen LogP contribution in [0.3, 0.4) is 0 Å². The molecular formula is C37H40BBrF2N4O10S2. The van der Waals surface area contributed by atoms with Crippen LogP contribution >= 0.6 is 15.9 Å². The molecule has 1 aliphatic heterocycles. The summed E-state index contributed by atoms with van der Waals surface area (Å²) in [4.78, 5) is 30.9. The number of benzene rings is 2. The van der Waals surface area contributed by atoms with Gasteiger partial charge in [0.25, 0.3) is 0 Å². The highest BCUT2D eigenvalue weighted by Crippen LogP contribution is 2.37. The zero-order valence-electron chi connectivity index (χ0n) is 32.3. The van der Waals surface area contributed by atoms with Crippen LogP contribution in [0.15, 0.2) is 84.1 Å². The van der Waals surface area contributed by atoms with Gasteiger partial charge in [0.1, 0.15) is 11.6 Å². The minimum absolute atomic E-state index is 0.0654. The van der Waals surface area contributed by atoms with Crippen molar-refractivity contribution in [1.82, 2.24) is 19.1 Å². The van der Waals surface area contributed by atoms with Crippen LogP contribution in [-0.2, 0) is 54.6 Å². The molecule has 4 aromatic heterocycles. The Hall–Kier alpha value is -4.50. The maximum Gasteiger partial charge on any atom is 0.497 e. The van der Waals surface area contributed by atoms with E-state index in [1.807, 2.05) is 27.7 Å². The Balaban J connectivity index is 0.000000170. The number of pyridine rings is 2. The van der Waals surface area contributed by atoms with Gasteiger partial charge in [-0.25, -0.2) is 35.2 Å². The summed E-state index contributed by atoms with van der Waals surface area (Å²) >= 11 is 3.23. The van der Waals surface area contributed by atoms with Crippen LogP contribution in [0.25, 0.3) is 33.3 Å². The van der Waals surface area contributed by atoms with Crippen molar-refractivity contribution in [3.63, 3.8) is 0 Å². The highest BCUT2D eigenvalue weighted by atomic mass is 79.9. The van der Waals surface area contributed by atoms with E-state index in [9.17, 15) is 35.2 Å². The number of halogens is 3. The largest absolute Gasteiger partial charge is 0.497 e. The van der Waals surface area contributed by atoms with Crippen LogP contribution in [0.4, 0.5) is 8.78 Å². The SMILES string of the molecule is CCS(=O)(=O)Cc1cncc(Br)c1.Cn1c(=O)oc2cc(F)c(-c3cncc(CS(C)(=O)=O)c3)cc21.Cn1c(=O)oc2cc(F)c(B3OC(C)(C)C(C)(C)O3)cc21. The van der Waals surface area contributed by atoms with Crippen molar-refractivity contribution in [2.24, 2.45) is 14.1 Å². The third kappa shape index (κ3) is 10.2. The topological polar surface area (TPSA) is 183 Å². The van der Waals surface area contributed by atoms with Gasteiger partial charge in [-0.1, -0.05) is 6.92 Å². The lowest BCUT2D eigenvalue weighted by molar-refractivity contribution is 0.00578. The molecule has 20 heteroatoms. The molecule has 57 heavy (non-hydrogen) atoms. The van der Waals surface area contributed by atoms with E-state index < -0.39 is 61.1 Å². The summed E-state index contributed by atoms with van der Waals surface area (Å²) in [5.74, 6) is -2.16. The monoisotopic (exact) mass is 892 g/mol. The predicted molar refractivity (Wildman–Crippen MR) is 215 cm³/mol. The lowest BCUT2D eigenvalue weighted by atomic mass is 9.78. The van der Waals surface area contributed by atoms with Gasteiger partial charge in [-0.05, 0) is 79.0 Å². The number of sulfone groups is 2. The van der Waals surface area contributed by atoms with E-state index >= 15 is 0 Å². The van der Waals surface area contributed by atoms with E-state index in [0.29, 0.717) is 22.2 Å². The Morgan fingerprint density at radius 3 is 1.77 bits per heavy atom. The number of hydrogen-bond acceptors (Lipinski definition) is 12. The lowest BCUT2D eigenvalue weighted by Gasteiger charge is -2.32. The first-order valence-corrected chi connectivity index (χ1v) is 21.9. The maximum atomic E-state index is 14.3. The van der Waals surface area contributed by atoms with Crippen molar-refractivity contribution < 1.29 is 43.8 Å². The number of rotatable bonds is 7. The zero-order chi connectivity index (χ0) is 42.2. The summed E-state index contributed by atoms with van der Waals surface area (Å²) in [7, 11) is -3.89. The van der Waals surface area contributed by atoms with Gasteiger partial charge in [-0.3, -0.25) is 19.1 Å². The lowest BCUT2D eigenvalue weighted by Crippen LogP contribution is -2.41. The quantitative estimate of drug-likeness (QED) is 0.191. The second-order valence-corrected chi connectivity index (χ2v) is 19.8. The molecule has 0 unspecified atom stereocenters. The van der Waals surface area contributed by atoms with Crippen LogP contribution in [0.1, 0.15) is 45.7 Å². The molecule has 5 heterocycles. The van der Waals surface area contributed by atoms with Crippen molar-refractivity contribution in [2.75, 3.05) is 12.0 Å². The first-order chi connectivity index (χ1) is 26.4. The number of aryl methyl sites for hydroxylation is 2. The van der Waals surface area contributed by atoms with Crippen LogP contribution in [-0.4, -0.2) is 66.3 Å². The van der Waals surface area contributed by atoms with E-state index in [1.165, 1.54) is 46.8 Å². The van der Waals surface area contributed by atoms with Crippen LogP contribution < -0.4 is 17.0 Å². The van der Waals surface area contributed by atoms with E-state index in [-0.39, 0.29) is 39.5 Å². The smallest absolute Gasteiger partial charge is 0.408 e. The predicted octanol–water partition coefficient (Wildman–Crippen LogP) is 5.23. The minimum atomic E-state index is -3.22. The number of fused-ring (bicyclic) bond motifs is 2. The summed E-state index contributed by atoms with van der Waals surface area (Å²) in [5, 5.41) is 0. The first-order valence-electron chi connectivity index (χ1n) is 17.3. The Morgan fingerprint density at radius 1 is 0.737 bits per heavy atom. The summed E-state index contributed by atoms with van der Waals surface area (Å²) in [6.45, 7) is 9.24. The number of oxazole rings is 2. The van der Waals surface area contributed by atoms with Crippen molar-refractivity contribution in [1.29, 1.82) is 0 Å². The van der Waals surface area contributed by atoms with Crippen molar-refractivity contribution in [3.05, 3.63) is 110 Å². The van der Waals surface area contributed by atoms with Gasteiger partial charge < -0.3 is 18.1 Å². The normalized spacial score (nSPS) is 15.0. The van der Waals surface area contributed by atoms with Gasteiger partial charge >= 0.3 is 18.6 Å². The second kappa shape index (κ2) is 16.4. The highest BCUT2D eigenvalue weighted by molar-refractivity contribution is 9.10. The molecule has 1 saturated heterocycles. The van der Waals surface area contributed by atoms with E-state index in [1.54, 1.807) is 38.5 Å². The highest BCUT2D eigenvalue weighted by Gasteiger charge is 2.52. The molecule has 6 aromatic rings. The molecule has 0 aliphatic carbocycles. The van der Waals surface area contributed by atoms with Crippen molar-refractivity contribution in [2.45, 2.75) is 57.3 Å². The Kier molecular flexibility index (Phi) is 12.6. The second-order valence-electron chi connectivity index (χ2n) is 14.4. The molecule has 0 bridgehead atoms. The number of nitrogens with zero attached hydrogens (tertiary/aromatic N) is 4. The Morgan fingerprint density at radius 2 is 1.25 bits per heavy atom. The molecule has 7 rings (SSSR count). The van der Waals surface area contributed by atoms with Crippen LogP contribution in [0.2, 0.25) is 0 Å². The van der Waals surface area contributed by atoms with Crippen LogP contribution in [0.5, 0.6) is 0 Å². The van der Waals surface area contributed by atoms with Gasteiger partial charge in [0.05, 0.1) is 33.7 Å². The summed E-state index contributed by atoms with van der Waals surface area (Å²) in [5.41, 5.74) is 2.29. The van der Waals surface area contributed by atoms with E-state index in [4.69, 9.17) is 18.1 Å². The molecule has 0 saturated carbocycles. The molecular weight excluding hydrogens is 853 g/mol. The molecule has 0 radical (unpaired) electrons. The van der Waals surface area contributed by atoms with Gasteiger partial charge in [0.2, 0.25) is 0 Å². The third-order valence-electron chi connectivity index (χ3n) is 9.42. The molecule has 14 nitrogen and oxygen atoms in total. The third-order valence-corrected chi connectivity index (χ3v) is 12.4. The molecule has 0 N–H and O–H groups in total. The Bertz CT molecular complexity index is 2800. The standard InChI is InChI=1S/C15H13FN2O4S.C14H17BFNO4.C8H10BrNO2S/c1-18-13-4-11(12(16)5-14(13)22-15(18)19)10-3-9(6-17-7-10)8-23(2,20)21;1-13(2)14(3,4)21-15(20-13)8-6-10-11(7-9(8)16)19-12(18)17(10)5;1-2-13(11,12)6-7-3-8(9)5-10-4-7/h3-7H,8H2,1-2H3;6-7H,1-5H3;3-5H,2,6H2,1H3. The maximum absolute atomic E-state index is 14.3. The first kappa shape index (κ1) is 43.6. The zero-order valence-corrected chi connectivity index (χ0v) is 35.5. The van der Waals surface area contributed by atoms with E-state index in [2.05, 4.69) is 25.9 Å². The molecule has 1 aliphatic rings. The Labute approximate surface area is 335 Å². The van der Waals surface area contributed by atoms with Gasteiger partial charge in [-0.2, -0.15) is 0 Å². The fourth-order valence-electron chi connectivity index (χ4n) is 5.59. The average molecular weight is 894 g/mol. The molecule has 0 amide bonds. The fourth-order valence-corrected chi connectivity index (χ4v) is 7.64. The fraction of sp³-hybridized carbons (Fsp3) is 0.351. The van der Waals surface area contributed by atoms with Crippen LogP contribution in [0, 0.1) is 11.6 Å². The summed E-state index contributed by atoms with van der Waals surface area (Å²) < 4.78 is 98.8. The van der Waals surface area contributed by atoms with Gasteiger partial charge in [0, 0.05) is 84.1 Å². The van der Waals surface area contributed by atoms with Gasteiger partial charge in [-0.15, -0.1) is 0 Å². The average Bonchev–Trinajstić information content (AvgIpc) is 3.62. The van der Waals surface area contributed by atoms with Gasteiger partial charge in [0.15, 0.2) is 30.8 Å². The molecule has 304 valence electrons. The minimum Gasteiger partial charge on any atom is -0.408 e. The molecule has 0 atom stereocenters. The van der Waals surface area contributed by atoms with E-state index in [0.717, 1.165) is 22.4 Å². The van der Waals surface area contributed by atoms with Crippen molar-refractivity contribution >= 4 is 70.4 Å². The summed E-state index contributed by atoms with van der Waals surface area (Å²) in [6.07, 6.45) is 7.18.